The third-order valence-electron chi connectivity index (χ3n) is 3.78. The van der Waals surface area contributed by atoms with Crippen molar-refractivity contribution in [2.24, 2.45) is 0 Å². The summed E-state index contributed by atoms with van der Waals surface area (Å²) in [5, 5.41) is 19.5. The van der Waals surface area contributed by atoms with Crippen molar-refractivity contribution >= 4 is 23.9 Å². The molecule has 0 aliphatic carbocycles. The Balaban J connectivity index is 1.73. The molecule has 140 valence electrons. The van der Waals surface area contributed by atoms with Gasteiger partial charge in [0, 0.05) is 13.5 Å². The molecule has 10 heteroatoms. The molecule has 2 N–H and O–H groups in total. The van der Waals surface area contributed by atoms with Crippen molar-refractivity contribution in [3.05, 3.63) is 47.3 Å². The van der Waals surface area contributed by atoms with E-state index in [0.717, 1.165) is 0 Å². The van der Waals surface area contributed by atoms with Gasteiger partial charge in [-0.2, -0.15) is 4.98 Å². The predicted octanol–water partition coefficient (Wildman–Crippen LogP) is 1.03. The Morgan fingerprint density at radius 3 is 2.89 bits per heavy atom. The number of carbonyl (C=O) groups is 1. The zero-order valence-corrected chi connectivity index (χ0v) is 14.4. The minimum Gasteiger partial charge on any atom is -0.556 e. The molecule has 3 rings (SSSR count). The molecule has 0 spiro atoms. The molecule has 0 atom stereocenters. The molecule has 0 amide bonds. The number of pyridine rings is 1. The van der Waals surface area contributed by atoms with Gasteiger partial charge in [0.1, 0.15) is 19.0 Å². The lowest BCUT2D eigenvalue weighted by Gasteiger charge is -2.22. The Morgan fingerprint density at radius 1 is 1.33 bits per heavy atom. The molecule has 1 aliphatic rings. The number of carbonyl (C=O) groups excluding carboxylic acids is 1. The van der Waals surface area contributed by atoms with Gasteiger partial charge in [-0.15, -0.1) is 5.46 Å². The molecular formula is C17H16BN2O7-. The summed E-state index contributed by atoms with van der Waals surface area (Å²) in [7, 11) is 0. The second-order valence-electron chi connectivity index (χ2n) is 5.75. The van der Waals surface area contributed by atoms with Crippen molar-refractivity contribution in [2.75, 3.05) is 13.2 Å². The first-order chi connectivity index (χ1) is 12.9. The van der Waals surface area contributed by atoms with E-state index in [-0.39, 0.29) is 37.3 Å². The number of hydrogen-bond acceptors (Lipinski definition) is 8. The largest absolute Gasteiger partial charge is 0.556 e. The predicted molar refractivity (Wildman–Crippen MR) is 93.8 cm³/mol. The van der Waals surface area contributed by atoms with E-state index in [1.165, 1.54) is 25.1 Å². The maximum absolute atomic E-state index is 10.8. The van der Waals surface area contributed by atoms with E-state index in [1.807, 2.05) is 0 Å². The average molecular weight is 371 g/mol. The van der Waals surface area contributed by atoms with Gasteiger partial charge in [-0.1, -0.05) is 11.6 Å². The average Bonchev–Trinajstić information content (AvgIpc) is 2.93. The van der Waals surface area contributed by atoms with E-state index in [1.54, 1.807) is 12.1 Å². The molecule has 27 heavy (non-hydrogen) atoms. The molecule has 0 saturated carbocycles. The highest BCUT2D eigenvalue weighted by molar-refractivity contribution is 6.74. The lowest BCUT2D eigenvalue weighted by atomic mass is 9.71. The minimum absolute atomic E-state index is 0.0379. The molecule has 1 aliphatic heterocycles. The minimum atomic E-state index is -2.97. The first kappa shape index (κ1) is 18.7. The molecule has 0 fully saturated rings. The zero-order chi connectivity index (χ0) is 19.4. The SMILES string of the molecule is [C-]#[N+]c1ccc(Oc2ccc3c(c2)CO[B-]3(O)O)nc1OCCOC(C)=O. The van der Waals surface area contributed by atoms with E-state index in [9.17, 15) is 14.8 Å². The van der Waals surface area contributed by atoms with E-state index in [0.29, 0.717) is 16.8 Å². The summed E-state index contributed by atoms with van der Waals surface area (Å²) in [4.78, 5) is 18.2. The van der Waals surface area contributed by atoms with Crippen LogP contribution >= 0.6 is 0 Å². The van der Waals surface area contributed by atoms with Crippen LogP contribution in [0.2, 0.25) is 0 Å². The number of rotatable bonds is 6. The molecule has 2 heterocycles. The monoisotopic (exact) mass is 371 g/mol. The molecular weight excluding hydrogens is 355 g/mol. The van der Waals surface area contributed by atoms with Crippen molar-refractivity contribution in [3.8, 4) is 17.5 Å². The highest BCUT2D eigenvalue weighted by Crippen LogP contribution is 2.30. The van der Waals surface area contributed by atoms with E-state index < -0.39 is 12.7 Å². The Kier molecular flexibility index (Phi) is 5.27. The molecule has 0 bridgehead atoms. The van der Waals surface area contributed by atoms with Gasteiger partial charge >= 0.3 is 12.7 Å². The maximum atomic E-state index is 10.8. The van der Waals surface area contributed by atoms with Crippen LogP contribution in [0.1, 0.15) is 12.5 Å². The highest BCUT2D eigenvalue weighted by atomic mass is 16.6. The van der Waals surface area contributed by atoms with Crippen LogP contribution in [0.15, 0.2) is 30.3 Å². The number of aromatic nitrogens is 1. The number of esters is 1. The highest BCUT2D eigenvalue weighted by Gasteiger charge is 2.31. The molecule has 0 unspecified atom stereocenters. The third-order valence-corrected chi connectivity index (χ3v) is 3.78. The van der Waals surface area contributed by atoms with Gasteiger partial charge in [0.05, 0.1) is 6.57 Å². The van der Waals surface area contributed by atoms with Gasteiger partial charge in [-0.25, -0.2) is 4.85 Å². The number of hydrogen-bond donors (Lipinski definition) is 2. The van der Waals surface area contributed by atoms with Crippen LogP contribution in [0, 0.1) is 6.57 Å². The van der Waals surface area contributed by atoms with Crippen LogP contribution in [-0.2, 0) is 20.8 Å². The molecule has 1 aromatic heterocycles. The van der Waals surface area contributed by atoms with Crippen molar-refractivity contribution in [2.45, 2.75) is 13.5 Å². The summed E-state index contributed by atoms with van der Waals surface area (Å²) in [5.74, 6) is 0.242. The second kappa shape index (κ2) is 7.63. The summed E-state index contributed by atoms with van der Waals surface area (Å²) in [6, 6.07) is 7.71. The Bertz CT molecular complexity index is 911. The smallest absolute Gasteiger partial charge is 0.405 e. The summed E-state index contributed by atoms with van der Waals surface area (Å²) >= 11 is 0. The quantitative estimate of drug-likeness (QED) is 0.335. The van der Waals surface area contributed by atoms with Crippen LogP contribution < -0.4 is 14.9 Å². The summed E-state index contributed by atoms with van der Waals surface area (Å²) in [5.41, 5.74) is 1.11. The van der Waals surface area contributed by atoms with Crippen LogP contribution in [0.4, 0.5) is 5.69 Å². The van der Waals surface area contributed by atoms with Gasteiger partial charge in [0.2, 0.25) is 17.4 Å². The van der Waals surface area contributed by atoms with E-state index >= 15 is 0 Å². The van der Waals surface area contributed by atoms with Crippen LogP contribution in [0.25, 0.3) is 4.85 Å². The second-order valence-corrected chi connectivity index (χ2v) is 5.75. The molecule has 2 aromatic rings. The fourth-order valence-corrected chi connectivity index (χ4v) is 2.54. The first-order valence-corrected chi connectivity index (χ1v) is 8.07. The van der Waals surface area contributed by atoms with Gasteiger partial charge in [-0.3, -0.25) is 4.79 Å². The Morgan fingerprint density at radius 2 is 2.15 bits per heavy atom. The maximum Gasteiger partial charge on any atom is 0.405 e. The number of nitrogens with zero attached hydrogens (tertiary/aromatic N) is 2. The van der Waals surface area contributed by atoms with Crippen molar-refractivity contribution in [1.82, 2.24) is 4.98 Å². The molecule has 9 nitrogen and oxygen atoms in total. The van der Waals surface area contributed by atoms with Crippen molar-refractivity contribution < 1.29 is 33.7 Å². The number of ether oxygens (including phenoxy) is 3. The lowest BCUT2D eigenvalue weighted by molar-refractivity contribution is -0.141. The first-order valence-electron chi connectivity index (χ1n) is 8.07. The van der Waals surface area contributed by atoms with Gasteiger partial charge in [-0.05, 0) is 24.3 Å². The molecule has 0 saturated heterocycles. The van der Waals surface area contributed by atoms with Crippen molar-refractivity contribution in [1.29, 1.82) is 0 Å². The Hall–Kier alpha value is -3.13. The number of benzene rings is 1. The summed E-state index contributed by atoms with van der Waals surface area (Å²) in [6.07, 6.45) is 0. The Labute approximate surface area is 154 Å². The summed E-state index contributed by atoms with van der Waals surface area (Å²) < 4.78 is 20.8. The topological polar surface area (TPSA) is 112 Å². The van der Waals surface area contributed by atoms with Crippen molar-refractivity contribution in [3.63, 3.8) is 0 Å². The zero-order valence-electron chi connectivity index (χ0n) is 14.4. The van der Waals surface area contributed by atoms with Gasteiger partial charge < -0.3 is 28.9 Å². The van der Waals surface area contributed by atoms with Gasteiger partial charge in [0.15, 0.2) is 0 Å². The number of fused-ring (bicyclic) bond motifs is 1. The van der Waals surface area contributed by atoms with Crippen LogP contribution in [0.3, 0.4) is 0 Å². The molecule has 1 aromatic carbocycles. The third kappa shape index (κ3) is 4.35. The van der Waals surface area contributed by atoms with E-state index in [2.05, 4.69) is 9.83 Å². The molecule has 0 radical (unpaired) electrons. The van der Waals surface area contributed by atoms with Gasteiger partial charge in [0.25, 0.3) is 0 Å². The fourth-order valence-electron chi connectivity index (χ4n) is 2.54. The van der Waals surface area contributed by atoms with Crippen LogP contribution in [-0.4, -0.2) is 41.0 Å². The standard InChI is InChI=1S/C17H16BN2O7/c1-11(21)24-7-8-25-17-15(19-2)5-6-16(20-17)27-13-3-4-14-12(9-13)10-26-18(14,22)23/h3-6,9,22-23H,7-8,10H2,1H3/q-1. The van der Waals surface area contributed by atoms with E-state index in [4.69, 9.17) is 25.4 Å². The van der Waals surface area contributed by atoms with Crippen LogP contribution in [0.5, 0.6) is 17.5 Å². The summed E-state index contributed by atoms with van der Waals surface area (Å²) in [6.45, 7) is 5.64. The fraction of sp³-hybridized carbons (Fsp3) is 0.235. The lowest BCUT2D eigenvalue weighted by Crippen LogP contribution is -2.47. The normalized spacial score (nSPS) is 14.1.